The van der Waals surface area contributed by atoms with Gasteiger partial charge < -0.3 is 20.7 Å². The van der Waals surface area contributed by atoms with E-state index in [9.17, 15) is 9.59 Å². The molecule has 2 rings (SSSR count). The van der Waals surface area contributed by atoms with Crippen LogP contribution in [-0.2, 0) is 9.53 Å². The number of carbonyl (C=O) groups excluding carboxylic acids is 1. The van der Waals surface area contributed by atoms with Gasteiger partial charge in [0.25, 0.3) is 5.56 Å². The number of aromatic amines is 1. The van der Waals surface area contributed by atoms with Crippen molar-refractivity contribution in [3.8, 4) is 0 Å². The number of hydrogen-bond acceptors (Lipinski definition) is 6. The summed E-state index contributed by atoms with van der Waals surface area (Å²) in [6.07, 6.45) is 1.06. The molecule has 9 heteroatoms. The Balaban J connectivity index is 1.70. The van der Waals surface area contributed by atoms with Crippen LogP contribution >= 0.6 is 12.2 Å². The van der Waals surface area contributed by atoms with Gasteiger partial charge in [-0.2, -0.15) is 5.10 Å². The molecular formula is C18H25N5O3S. The Morgan fingerprint density at radius 1 is 1.30 bits per heavy atom. The number of ether oxygens (including phenoxy) is 1. The van der Waals surface area contributed by atoms with E-state index in [1.54, 1.807) is 13.0 Å². The molecule has 0 saturated heterocycles. The largest absolute Gasteiger partial charge is 0.466 e. The Hall–Kier alpha value is -2.68. The van der Waals surface area contributed by atoms with Crippen molar-refractivity contribution >= 4 is 39.9 Å². The monoisotopic (exact) mass is 391 g/mol. The summed E-state index contributed by atoms with van der Waals surface area (Å²) in [5.41, 5.74) is -0.203. The van der Waals surface area contributed by atoms with Gasteiger partial charge in [-0.05, 0) is 38.6 Å². The van der Waals surface area contributed by atoms with Gasteiger partial charge in [-0.1, -0.05) is 18.2 Å². The van der Waals surface area contributed by atoms with Crippen molar-refractivity contribution in [2.24, 2.45) is 0 Å². The molecule has 0 amide bonds. The van der Waals surface area contributed by atoms with Crippen molar-refractivity contribution < 1.29 is 9.53 Å². The van der Waals surface area contributed by atoms with Crippen LogP contribution in [0.4, 0.5) is 5.82 Å². The first-order valence-corrected chi connectivity index (χ1v) is 9.33. The number of carbonyl (C=O) groups is 1. The van der Waals surface area contributed by atoms with Crippen LogP contribution in [0.2, 0.25) is 0 Å². The first-order valence-electron chi connectivity index (χ1n) is 8.92. The number of esters is 1. The van der Waals surface area contributed by atoms with Crippen molar-refractivity contribution in [1.82, 2.24) is 20.8 Å². The molecule has 1 aromatic carbocycles. The molecule has 2 aromatic rings. The fraction of sp³-hybridized carbons (Fsp3) is 0.444. The minimum Gasteiger partial charge on any atom is -0.466 e. The van der Waals surface area contributed by atoms with Gasteiger partial charge in [0.2, 0.25) is 0 Å². The van der Waals surface area contributed by atoms with Crippen LogP contribution < -0.4 is 21.5 Å². The van der Waals surface area contributed by atoms with Gasteiger partial charge in [0, 0.05) is 24.5 Å². The van der Waals surface area contributed by atoms with Crippen LogP contribution in [-0.4, -0.2) is 47.0 Å². The Morgan fingerprint density at radius 3 is 2.78 bits per heavy atom. The molecule has 27 heavy (non-hydrogen) atoms. The van der Waals surface area contributed by atoms with Gasteiger partial charge in [0.1, 0.15) is 0 Å². The molecule has 0 bridgehead atoms. The highest BCUT2D eigenvalue weighted by Gasteiger charge is 2.10. The minimum atomic E-state index is -0.245. The van der Waals surface area contributed by atoms with E-state index in [2.05, 4.69) is 26.1 Å². The number of anilines is 1. The van der Waals surface area contributed by atoms with Crippen molar-refractivity contribution in [3.05, 3.63) is 34.6 Å². The highest BCUT2D eigenvalue weighted by Crippen LogP contribution is 2.16. The summed E-state index contributed by atoms with van der Waals surface area (Å²) in [6, 6.07) is 7.23. The third-order valence-electron chi connectivity index (χ3n) is 3.78. The zero-order valence-corrected chi connectivity index (χ0v) is 16.3. The molecule has 0 saturated carbocycles. The summed E-state index contributed by atoms with van der Waals surface area (Å²) in [6.45, 7) is 5.35. The van der Waals surface area contributed by atoms with Crippen LogP contribution in [0.25, 0.3) is 10.8 Å². The summed E-state index contributed by atoms with van der Waals surface area (Å²) in [5, 5.41) is 17.8. The highest BCUT2D eigenvalue weighted by molar-refractivity contribution is 7.80. The Morgan fingerprint density at radius 2 is 2.04 bits per heavy atom. The number of thiocarbonyl (C=S) groups is 1. The Kier molecular flexibility index (Phi) is 8.00. The van der Waals surface area contributed by atoms with Gasteiger partial charge in [-0.3, -0.25) is 9.59 Å². The predicted octanol–water partition coefficient (Wildman–Crippen LogP) is 1.53. The van der Waals surface area contributed by atoms with E-state index >= 15 is 0 Å². The topological polar surface area (TPSA) is 108 Å². The maximum atomic E-state index is 11.8. The van der Waals surface area contributed by atoms with Gasteiger partial charge in [-0.25, -0.2) is 5.10 Å². The third kappa shape index (κ3) is 6.52. The number of benzene rings is 1. The van der Waals surface area contributed by atoms with E-state index in [1.165, 1.54) is 0 Å². The van der Waals surface area contributed by atoms with Crippen LogP contribution in [0, 0.1) is 0 Å². The molecule has 1 unspecified atom stereocenters. The van der Waals surface area contributed by atoms with Crippen molar-refractivity contribution in [2.75, 3.05) is 25.0 Å². The number of hydrogen-bond donors (Lipinski definition) is 4. The van der Waals surface area contributed by atoms with Gasteiger partial charge in [0.15, 0.2) is 10.9 Å². The van der Waals surface area contributed by atoms with Crippen LogP contribution in [0.15, 0.2) is 29.1 Å². The average Bonchev–Trinajstić information content (AvgIpc) is 2.63. The highest BCUT2D eigenvalue weighted by atomic mass is 32.1. The number of rotatable bonds is 9. The molecule has 0 spiro atoms. The smallest absolute Gasteiger partial charge is 0.307 e. The fourth-order valence-corrected chi connectivity index (χ4v) is 2.85. The van der Waals surface area contributed by atoms with Crippen molar-refractivity contribution in [2.45, 2.75) is 32.7 Å². The normalized spacial score (nSPS) is 11.6. The van der Waals surface area contributed by atoms with E-state index in [0.717, 1.165) is 11.8 Å². The van der Waals surface area contributed by atoms with Gasteiger partial charge >= 0.3 is 5.97 Å². The van der Waals surface area contributed by atoms with Crippen LogP contribution in [0.1, 0.15) is 26.7 Å². The van der Waals surface area contributed by atoms with Crippen LogP contribution in [0.5, 0.6) is 0 Å². The molecule has 1 heterocycles. The maximum absolute atomic E-state index is 11.8. The molecule has 0 radical (unpaired) electrons. The molecule has 0 aliphatic rings. The lowest BCUT2D eigenvalue weighted by Gasteiger charge is -2.16. The van der Waals surface area contributed by atoms with E-state index in [1.807, 2.05) is 25.1 Å². The quantitative estimate of drug-likeness (QED) is 0.290. The maximum Gasteiger partial charge on any atom is 0.307 e. The zero-order chi connectivity index (χ0) is 19.6. The summed E-state index contributed by atoms with van der Waals surface area (Å²) < 4.78 is 4.91. The van der Waals surface area contributed by atoms with E-state index in [0.29, 0.717) is 36.0 Å². The van der Waals surface area contributed by atoms with Crippen LogP contribution in [0.3, 0.4) is 0 Å². The molecule has 1 atom stereocenters. The van der Waals surface area contributed by atoms with E-state index in [-0.39, 0.29) is 24.0 Å². The van der Waals surface area contributed by atoms with Crippen molar-refractivity contribution in [3.63, 3.8) is 0 Å². The molecule has 0 fully saturated rings. The standard InChI is InChI=1S/C18H25N5O3S/c1-3-26-15(24)11-12(2)21-18(27)20-10-6-9-19-16-13-7-4-5-8-14(13)17(25)23-22-16/h4-5,7-8,12H,3,6,9-11H2,1-2H3,(H,19,22)(H,23,25)(H2,20,21,27). The van der Waals surface area contributed by atoms with E-state index in [4.69, 9.17) is 17.0 Å². The van der Waals surface area contributed by atoms with Gasteiger partial charge in [0.05, 0.1) is 18.4 Å². The minimum absolute atomic E-state index is 0.0983. The predicted molar refractivity (Wildman–Crippen MR) is 110 cm³/mol. The number of H-pyrrole nitrogens is 1. The Labute approximate surface area is 163 Å². The zero-order valence-electron chi connectivity index (χ0n) is 15.5. The average molecular weight is 391 g/mol. The summed E-state index contributed by atoms with van der Waals surface area (Å²) in [5.74, 6) is 0.402. The lowest BCUT2D eigenvalue weighted by Crippen LogP contribution is -2.42. The first-order chi connectivity index (χ1) is 13.0. The lowest BCUT2D eigenvalue weighted by molar-refractivity contribution is -0.143. The van der Waals surface area contributed by atoms with E-state index < -0.39 is 0 Å². The second-order valence-corrected chi connectivity index (χ2v) is 6.45. The molecule has 146 valence electrons. The number of nitrogens with zero attached hydrogens (tertiary/aromatic N) is 1. The second kappa shape index (κ2) is 10.5. The second-order valence-electron chi connectivity index (χ2n) is 6.04. The first kappa shape index (κ1) is 20.6. The summed E-state index contributed by atoms with van der Waals surface area (Å²) >= 11 is 5.22. The van der Waals surface area contributed by atoms with Gasteiger partial charge in [-0.15, -0.1) is 0 Å². The third-order valence-corrected chi connectivity index (χ3v) is 4.05. The molecule has 8 nitrogen and oxygen atoms in total. The Bertz CT molecular complexity index is 839. The van der Waals surface area contributed by atoms with Crippen molar-refractivity contribution in [1.29, 1.82) is 0 Å². The lowest BCUT2D eigenvalue weighted by atomic mass is 10.2. The summed E-state index contributed by atoms with van der Waals surface area (Å²) in [4.78, 5) is 23.2. The molecule has 0 aliphatic heterocycles. The molecule has 0 aliphatic carbocycles. The number of nitrogens with one attached hydrogen (secondary N) is 4. The molecule has 4 N–H and O–H groups in total. The molecular weight excluding hydrogens is 366 g/mol. The molecule has 1 aromatic heterocycles. The fourth-order valence-electron chi connectivity index (χ4n) is 2.54. The SMILES string of the molecule is CCOC(=O)CC(C)NC(=S)NCCCNc1n[nH]c(=O)c2ccccc12. The summed E-state index contributed by atoms with van der Waals surface area (Å²) in [7, 11) is 0. The number of aromatic nitrogens is 2. The number of fused-ring (bicyclic) bond motifs is 1.